The molecular weight excluding hydrogens is 302 g/mol. The van der Waals surface area contributed by atoms with Gasteiger partial charge in [-0.05, 0) is 48.6 Å². The second-order valence-corrected chi connectivity index (χ2v) is 5.27. The lowest BCUT2D eigenvalue weighted by Gasteiger charge is -2.00. The van der Waals surface area contributed by atoms with Gasteiger partial charge in [0.25, 0.3) is 0 Å². The molecule has 0 radical (unpaired) electrons. The molecule has 0 saturated heterocycles. The number of ketones is 1. The number of nitrogens with zero attached hydrogens (tertiary/aromatic N) is 3. The Kier molecular flexibility index (Phi) is 4.52. The summed E-state index contributed by atoms with van der Waals surface area (Å²) in [5.74, 6) is 0.657. The fraction of sp³-hybridized carbons (Fsp3) is 0.105. The number of ether oxygens (including phenoxy) is 1. The average molecular weight is 319 g/mol. The van der Waals surface area contributed by atoms with Crippen molar-refractivity contribution in [2.24, 2.45) is 7.05 Å². The van der Waals surface area contributed by atoms with Crippen LogP contribution in [0.1, 0.15) is 15.9 Å². The Bertz CT molecular complexity index is 865. The highest BCUT2D eigenvalue weighted by Crippen LogP contribution is 2.22. The largest absolute Gasteiger partial charge is 0.497 e. The third-order valence-electron chi connectivity index (χ3n) is 3.60. The van der Waals surface area contributed by atoms with Crippen LogP contribution in [0.15, 0.2) is 61.1 Å². The fourth-order valence-electron chi connectivity index (χ4n) is 2.38. The third-order valence-corrected chi connectivity index (χ3v) is 3.60. The van der Waals surface area contributed by atoms with Gasteiger partial charge in [0.05, 0.1) is 12.8 Å². The molecule has 1 aromatic carbocycles. The standard InChI is InChI=1S/C19H17N3O2/c1-22-13-16(19(21-22)15-9-11-20-12-10-15)5-8-18(23)14-3-6-17(24-2)7-4-14/h3-13H,1-2H3/b8-5+. The second kappa shape index (κ2) is 6.91. The lowest BCUT2D eigenvalue weighted by Crippen LogP contribution is -1.94. The molecule has 120 valence electrons. The Morgan fingerprint density at radius 3 is 2.50 bits per heavy atom. The Hall–Kier alpha value is -3.21. The second-order valence-electron chi connectivity index (χ2n) is 5.27. The zero-order valence-corrected chi connectivity index (χ0v) is 13.5. The molecule has 0 fully saturated rings. The lowest BCUT2D eigenvalue weighted by molar-refractivity contribution is 0.104. The lowest BCUT2D eigenvalue weighted by atomic mass is 10.1. The van der Waals surface area contributed by atoms with Crippen LogP contribution in [0, 0.1) is 0 Å². The molecule has 0 N–H and O–H groups in total. The molecule has 0 amide bonds. The molecule has 0 atom stereocenters. The van der Waals surface area contributed by atoms with Gasteiger partial charge in [-0.2, -0.15) is 5.10 Å². The average Bonchev–Trinajstić information content (AvgIpc) is 3.01. The van der Waals surface area contributed by atoms with Gasteiger partial charge in [0, 0.05) is 42.3 Å². The number of aryl methyl sites for hydroxylation is 1. The summed E-state index contributed by atoms with van der Waals surface area (Å²) in [5.41, 5.74) is 3.27. The van der Waals surface area contributed by atoms with Crippen molar-refractivity contribution in [1.29, 1.82) is 0 Å². The summed E-state index contributed by atoms with van der Waals surface area (Å²) >= 11 is 0. The van der Waals surface area contributed by atoms with Crippen molar-refractivity contribution < 1.29 is 9.53 Å². The minimum absolute atomic E-state index is 0.0674. The summed E-state index contributed by atoms with van der Waals surface area (Å²) in [6.07, 6.45) is 8.67. The van der Waals surface area contributed by atoms with E-state index < -0.39 is 0 Å². The molecule has 0 bridgehead atoms. The van der Waals surface area contributed by atoms with Crippen LogP contribution in [-0.4, -0.2) is 27.7 Å². The Morgan fingerprint density at radius 2 is 1.83 bits per heavy atom. The number of hydrogen-bond acceptors (Lipinski definition) is 4. The number of methoxy groups -OCH3 is 1. The summed E-state index contributed by atoms with van der Waals surface area (Å²) in [5, 5.41) is 4.46. The SMILES string of the molecule is COc1ccc(C(=O)/C=C/c2cn(C)nc2-c2ccncc2)cc1. The van der Waals surface area contributed by atoms with Gasteiger partial charge in [0.1, 0.15) is 5.75 Å². The first-order valence-electron chi connectivity index (χ1n) is 7.48. The van der Waals surface area contributed by atoms with Gasteiger partial charge >= 0.3 is 0 Å². The first-order chi connectivity index (χ1) is 11.7. The van der Waals surface area contributed by atoms with E-state index in [1.54, 1.807) is 60.6 Å². The van der Waals surface area contributed by atoms with Crippen molar-refractivity contribution in [2.45, 2.75) is 0 Å². The molecule has 2 aromatic heterocycles. The van der Waals surface area contributed by atoms with Gasteiger partial charge in [-0.15, -0.1) is 0 Å². The number of rotatable bonds is 5. The molecule has 2 heterocycles. The molecule has 5 heteroatoms. The minimum Gasteiger partial charge on any atom is -0.497 e. The van der Waals surface area contributed by atoms with E-state index in [4.69, 9.17) is 4.74 Å². The van der Waals surface area contributed by atoms with Gasteiger partial charge in [-0.1, -0.05) is 0 Å². The number of benzene rings is 1. The van der Waals surface area contributed by atoms with Crippen LogP contribution >= 0.6 is 0 Å². The van der Waals surface area contributed by atoms with E-state index in [1.807, 2.05) is 25.4 Å². The molecule has 24 heavy (non-hydrogen) atoms. The molecule has 5 nitrogen and oxygen atoms in total. The zero-order chi connectivity index (χ0) is 16.9. The molecule has 0 saturated carbocycles. The van der Waals surface area contributed by atoms with Crippen LogP contribution in [0.2, 0.25) is 0 Å². The summed E-state index contributed by atoms with van der Waals surface area (Å²) in [4.78, 5) is 16.3. The predicted octanol–water partition coefficient (Wildman–Crippen LogP) is 3.39. The maximum Gasteiger partial charge on any atom is 0.185 e. The van der Waals surface area contributed by atoms with Crippen molar-refractivity contribution >= 4 is 11.9 Å². The smallest absolute Gasteiger partial charge is 0.185 e. The number of carbonyl (C=O) groups excluding carboxylic acids is 1. The van der Waals surface area contributed by atoms with Crippen molar-refractivity contribution in [3.8, 4) is 17.0 Å². The number of allylic oxidation sites excluding steroid dienone is 1. The van der Waals surface area contributed by atoms with Gasteiger partial charge in [0.2, 0.25) is 0 Å². The topological polar surface area (TPSA) is 57.0 Å². The molecule has 3 aromatic rings. The number of pyridine rings is 1. The van der Waals surface area contributed by atoms with E-state index in [0.29, 0.717) is 5.56 Å². The third kappa shape index (κ3) is 3.41. The molecule has 0 aliphatic rings. The fourth-order valence-corrected chi connectivity index (χ4v) is 2.38. The van der Waals surface area contributed by atoms with Crippen molar-refractivity contribution in [2.75, 3.05) is 7.11 Å². The Morgan fingerprint density at radius 1 is 1.12 bits per heavy atom. The van der Waals surface area contributed by atoms with Crippen LogP contribution in [0.3, 0.4) is 0 Å². The summed E-state index contributed by atoms with van der Waals surface area (Å²) in [7, 11) is 3.45. The highest BCUT2D eigenvalue weighted by Gasteiger charge is 2.08. The van der Waals surface area contributed by atoms with Gasteiger partial charge in [-0.25, -0.2) is 0 Å². The van der Waals surface area contributed by atoms with Crippen LogP contribution < -0.4 is 4.74 Å². The van der Waals surface area contributed by atoms with E-state index >= 15 is 0 Å². The molecule has 0 aliphatic carbocycles. The molecule has 0 unspecified atom stereocenters. The number of aromatic nitrogens is 3. The molecule has 0 aliphatic heterocycles. The normalized spacial score (nSPS) is 10.9. The van der Waals surface area contributed by atoms with Gasteiger partial charge in [0.15, 0.2) is 5.78 Å². The zero-order valence-electron chi connectivity index (χ0n) is 13.5. The van der Waals surface area contributed by atoms with Crippen LogP contribution in [0.4, 0.5) is 0 Å². The maximum absolute atomic E-state index is 12.3. The Balaban J connectivity index is 1.85. The van der Waals surface area contributed by atoms with E-state index in [2.05, 4.69) is 10.1 Å². The van der Waals surface area contributed by atoms with Gasteiger partial charge < -0.3 is 4.74 Å². The van der Waals surface area contributed by atoms with E-state index in [9.17, 15) is 4.79 Å². The van der Waals surface area contributed by atoms with Crippen LogP contribution in [0.25, 0.3) is 17.3 Å². The maximum atomic E-state index is 12.3. The summed E-state index contributed by atoms with van der Waals surface area (Å²) < 4.78 is 6.83. The molecule has 0 spiro atoms. The van der Waals surface area contributed by atoms with Crippen LogP contribution in [-0.2, 0) is 7.05 Å². The van der Waals surface area contributed by atoms with Gasteiger partial charge in [-0.3, -0.25) is 14.5 Å². The summed E-state index contributed by atoms with van der Waals surface area (Å²) in [6.45, 7) is 0. The number of hydrogen-bond donors (Lipinski definition) is 0. The monoisotopic (exact) mass is 319 g/mol. The first kappa shape index (κ1) is 15.7. The van der Waals surface area contributed by atoms with Crippen molar-refractivity contribution in [1.82, 2.24) is 14.8 Å². The quantitative estimate of drug-likeness (QED) is 0.534. The highest BCUT2D eigenvalue weighted by molar-refractivity contribution is 6.07. The molecule has 3 rings (SSSR count). The summed E-state index contributed by atoms with van der Waals surface area (Å²) in [6, 6.07) is 10.8. The van der Waals surface area contributed by atoms with E-state index in [0.717, 1.165) is 22.6 Å². The minimum atomic E-state index is -0.0674. The predicted molar refractivity (Wildman–Crippen MR) is 92.8 cm³/mol. The van der Waals surface area contributed by atoms with Crippen molar-refractivity contribution in [3.05, 3.63) is 72.2 Å². The highest BCUT2D eigenvalue weighted by atomic mass is 16.5. The van der Waals surface area contributed by atoms with E-state index in [-0.39, 0.29) is 5.78 Å². The Labute approximate surface area is 140 Å². The molecular formula is C19H17N3O2. The number of carbonyl (C=O) groups is 1. The van der Waals surface area contributed by atoms with Crippen molar-refractivity contribution in [3.63, 3.8) is 0 Å². The first-order valence-corrected chi connectivity index (χ1v) is 7.48. The van der Waals surface area contributed by atoms with E-state index in [1.165, 1.54) is 0 Å². The van der Waals surface area contributed by atoms with Crippen LogP contribution in [0.5, 0.6) is 5.75 Å².